The van der Waals surface area contributed by atoms with Crippen molar-refractivity contribution in [2.45, 2.75) is 6.16 Å². The Morgan fingerprint density at radius 1 is 1.53 bits per heavy atom. The van der Waals surface area contributed by atoms with Gasteiger partial charge in [-0.15, -0.1) is 0 Å². The number of nitro groups is 1. The van der Waals surface area contributed by atoms with Crippen LogP contribution in [0.4, 0.5) is 10.1 Å². The molecule has 0 aromatic heterocycles. The molecule has 9 heteroatoms. The van der Waals surface area contributed by atoms with Crippen LogP contribution in [0, 0.1) is 15.9 Å². The Morgan fingerprint density at radius 2 is 2.12 bits per heavy atom. The Morgan fingerprint density at radius 3 is 2.53 bits per heavy atom. The van der Waals surface area contributed by atoms with Gasteiger partial charge in [0.1, 0.15) is 5.82 Å². The van der Waals surface area contributed by atoms with E-state index in [1.165, 1.54) is 0 Å². The molecule has 0 saturated heterocycles. The van der Waals surface area contributed by atoms with E-state index in [-0.39, 0.29) is 5.75 Å². The maximum absolute atomic E-state index is 13.4. The van der Waals surface area contributed by atoms with Crippen molar-refractivity contribution >= 4 is 13.3 Å². The van der Waals surface area contributed by atoms with Gasteiger partial charge in [0.2, 0.25) is 0 Å². The zero-order chi connectivity index (χ0) is 13.2. The molecular weight excluding hydrogens is 256 g/mol. The molecule has 0 saturated carbocycles. The van der Waals surface area contributed by atoms with Crippen LogP contribution >= 0.6 is 7.60 Å². The predicted molar refractivity (Wildman–Crippen MR) is 55.4 cm³/mol. The molecule has 94 valence electrons. The van der Waals surface area contributed by atoms with Crippen LogP contribution in [0.2, 0.25) is 0 Å². The highest BCUT2D eigenvalue weighted by molar-refractivity contribution is 7.50. The summed E-state index contributed by atoms with van der Waals surface area (Å²) in [6.07, 6.45) is -0.899. The third-order valence-corrected chi connectivity index (χ3v) is 2.67. The fraction of sp³-hybridized carbons (Fsp3) is 0.250. The van der Waals surface area contributed by atoms with E-state index in [1.54, 1.807) is 0 Å². The van der Waals surface area contributed by atoms with Gasteiger partial charge in [0.05, 0.1) is 18.2 Å². The molecule has 2 N–H and O–H groups in total. The average Bonchev–Trinajstić information content (AvgIpc) is 2.18. The second-order valence-electron chi connectivity index (χ2n) is 3.20. The van der Waals surface area contributed by atoms with E-state index in [2.05, 4.69) is 4.74 Å². The first-order chi connectivity index (χ1) is 7.74. The van der Waals surface area contributed by atoms with Crippen LogP contribution < -0.4 is 4.74 Å². The van der Waals surface area contributed by atoms with Crippen LogP contribution in [0.5, 0.6) is 5.75 Å². The van der Waals surface area contributed by atoms with Gasteiger partial charge in [0, 0.05) is 17.7 Å². The molecule has 0 atom stereocenters. The Labute approximate surface area is 95.1 Å². The first-order valence-corrected chi connectivity index (χ1v) is 6.09. The molecule has 0 unspecified atom stereocenters. The van der Waals surface area contributed by atoms with Gasteiger partial charge in [-0.2, -0.15) is 0 Å². The second-order valence-corrected chi connectivity index (χ2v) is 4.84. The van der Waals surface area contributed by atoms with Gasteiger partial charge >= 0.3 is 13.3 Å². The van der Waals surface area contributed by atoms with Gasteiger partial charge in [-0.3, -0.25) is 14.7 Å². The van der Waals surface area contributed by atoms with Crippen LogP contribution in [-0.4, -0.2) is 21.8 Å². The molecule has 0 spiro atoms. The van der Waals surface area contributed by atoms with Crippen LogP contribution in [0.25, 0.3) is 0 Å². The number of nitrogens with zero attached hydrogens (tertiary/aromatic N) is 1. The minimum Gasteiger partial charge on any atom is -0.490 e. The van der Waals surface area contributed by atoms with Crippen LogP contribution in [0.3, 0.4) is 0 Å². The molecular formula is C8H9FNO6P. The van der Waals surface area contributed by atoms with E-state index in [4.69, 9.17) is 9.79 Å². The fourth-order valence-corrected chi connectivity index (χ4v) is 1.92. The van der Waals surface area contributed by atoms with E-state index in [0.717, 1.165) is 19.2 Å². The first kappa shape index (κ1) is 13.6. The van der Waals surface area contributed by atoms with Crippen molar-refractivity contribution in [3.05, 3.63) is 33.6 Å². The summed E-state index contributed by atoms with van der Waals surface area (Å²) in [6.45, 7) is 0. The maximum Gasteiger partial charge on any atom is 0.330 e. The minimum absolute atomic E-state index is 0.304. The molecule has 0 aliphatic heterocycles. The number of methoxy groups -OCH3 is 1. The Bertz CT molecular complexity index is 499. The summed E-state index contributed by atoms with van der Waals surface area (Å²) < 4.78 is 28.7. The number of hydrogen-bond acceptors (Lipinski definition) is 4. The lowest BCUT2D eigenvalue weighted by molar-refractivity contribution is -0.385. The third kappa shape index (κ3) is 3.48. The van der Waals surface area contributed by atoms with Gasteiger partial charge < -0.3 is 14.5 Å². The van der Waals surface area contributed by atoms with E-state index in [1.807, 2.05) is 0 Å². The lowest BCUT2D eigenvalue weighted by atomic mass is 10.2. The van der Waals surface area contributed by atoms with Gasteiger partial charge in [-0.1, -0.05) is 0 Å². The van der Waals surface area contributed by atoms with E-state index < -0.39 is 35.7 Å². The van der Waals surface area contributed by atoms with Crippen LogP contribution in [0.15, 0.2) is 12.1 Å². The zero-order valence-electron chi connectivity index (χ0n) is 8.66. The molecule has 0 aliphatic carbocycles. The summed E-state index contributed by atoms with van der Waals surface area (Å²) in [5.74, 6) is -1.27. The summed E-state index contributed by atoms with van der Waals surface area (Å²) in [5.41, 5.74) is -0.969. The topological polar surface area (TPSA) is 110 Å². The second kappa shape index (κ2) is 4.79. The summed E-state index contributed by atoms with van der Waals surface area (Å²) >= 11 is 0. The van der Waals surface area contributed by atoms with E-state index >= 15 is 0 Å². The number of halogens is 1. The Hall–Kier alpha value is -1.50. The third-order valence-electron chi connectivity index (χ3n) is 1.92. The van der Waals surface area contributed by atoms with Crippen molar-refractivity contribution in [1.82, 2.24) is 0 Å². The van der Waals surface area contributed by atoms with Crippen LogP contribution in [-0.2, 0) is 10.7 Å². The molecule has 1 rings (SSSR count). The van der Waals surface area contributed by atoms with E-state index in [9.17, 15) is 19.1 Å². The standard InChI is InChI=1S/C8H9FNO6P/c1-16-8-3-6(9)5(4-17(13,14)15)2-7(8)10(11)12/h2-3H,4H2,1H3,(H2,13,14,15). The van der Waals surface area contributed by atoms with Crippen molar-refractivity contribution in [3.8, 4) is 5.75 Å². The zero-order valence-corrected chi connectivity index (χ0v) is 9.56. The maximum atomic E-state index is 13.4. The highest BCUT2D eigenvalue weighted by Gasteiger charge is 2.23. The van der Waals surface area contributed by atoms with Gasteiger partial charge in [-0.25, -0.2) is 4.39 Å². The molecule has 1 aromatic rings. The molecule has 0 aliphatic rings. The lowest BCUT2D eigenvalue weighted by Crippen LogP contribution is -1.99. The monoisotopic (exact) mass is 265 g/mol. The summed E-state index contributed by atoms with van der Waals surface area (Å²) in [4.78, 5) is 27.2. The Kier molecular flexibility index (Phi) is 3.82. The van der Waals surface area contributed by atoms with Gasteiger partial charge in [0.15, 0.2) is 5.75 Å². The molecule has 0 radical (unpaired) electrons. The van der Waals surface area contributed by atoms with E-state index in [0.29, 0.717) is 0 Å². The summed E-state index contributed by atoms with van der Waals surface area (Å²) in [5, 5.41) is 10.6. The summed E-state index contributed by atoms with van der Waals surface area (Å²) in [7, 11) is -3.36. The molecule has 17 heavy (non-hydrogen) atoms. The highest BCUT2D eigenvalue weighted by atomic mass is 31.2. The van der Waals surface area contributed by atoms with Crippen molar-refractivity contribution in [2.75, 3.05) is 7.11 Å². The SMILES string of the molecule is COc1cc(F)c(CP(=O)(O)O)cc1[N+](=O)[O-]. The normalized spacial score (nSPS) is 11.3. The summed E-state index contributed by atoms with van der Waals surface area (Å²) in [6, 6.07) is 1.48. The Balaban J connectivity index is 3.29. The number of ether oxygens (including phenoxy) is 1. The average molecular weight is 265 g/mol. The van der Waals surface area contributed by atoms with Crippen molar-refractivity contribution in [2.24, 2.45) is 0 Å². The molecule has 0 heterocycles. The van der Waals surface area contributed by atoms with Crippen molar-refractivity contribution in [1.29, 1.82) is 0 Å². The molecule has 0 bridgehead atoms. The molecule has 7 nitrogen and oxygen atoms in total. The molecule has 0 amide bonds. The first-order valence-electron chi connectivity index (χ1n) is 4.30. The number of hydrogen-bond donors (Lipinski definition) is 2. The lowest BCUT2D eigenvalue weighted by Gasteiger charge is -2.07. The van der Waals surface area contributed by atoms with Crippen molar-refractivity contribution in [3.63, 3.8) is 0 Å². The predicted octanol–water partition coefficient (Wildman–Crippen LogP) is 1.42. The smallest absolute Gasteiger partial charge is 0.330 e. The highest BCUT2D eigenvalue weighted by Crippen LogP contribution is 2.41. The van der Waals surface area contributed by atoms with Crippen LogP contribution in [0.1, 0.15) is 5.56 Å². The van der Waals surface area contributed by atoms with Gasteiger partial charge in [0.25, 0.3) is 0 Å². The molecule has 0 fully saturated rings. The van der Waals surface area contributed by atoms with Gasteiger partial charge in [-0.05, 0) is 0 Å². The fourth-order valence-electron chi connectivity index (χ4n) is 1.24. The van der Waals surface area contributed by atoms with Crippen molar-refractivity contribution < 1.29 is 28.4 Å². The minimum atomic E-state index is -4.49. The number of rotatable bonds is 4. The quantitative estimate of drug-likeness (QED) is 0.484. The largest absolute Gasteiger partial charge is 0.490 e. The number of benzene rings is 1. The number of nitro benzene ring substituents is 1. The molecule has 1 aromatic carbocycles.